The van der Waals surface area contributed by atoms with Gasteiger partial charge in [-0.15, -0.1) is 11.3 Å². The summed E-state index contributed by atoms with van der Waals surface area (Å²) < 4.78 is 4.70. The van der Waals surface area contributed by atoms with Gasteiger partial charge < -0.3 is 10.1 Å². The molecule has 1 heterocycles. The summed E-state index contributed by atoms with van der Waals surface area (Å²) in [5.74, 6) is -0.575. The van der Waals surface area contributed by atoms with E-state index in [1.807, 2.05) is 19.9 Å². The van der Waals surface area contributed by atoms with Gasteiger partial charge in [0.25, 0.3) is 5.91 Å². The predicted molar refractivity (Wildman–Crippen MR) is 88.9 cm³/mol. The second-order valence-electron chi connectivity index (χ2n) is 5.02. The summed E-state index contributed by atoms with van der Waals surface area (Å²) in [6.07, 6.45) is 0.909. The third-order valence-electron chi connectivity index (χ3n) is 3.53. The average molecular weight is 317 g/mol. The number of carbonyl (C=O) groups is 2. The molecule has 0 spiro atoms. The van der Waals surface area contributed by atoms with Gasteiger partial charge in [0.2, 0.25) is 0 Å². The highest BCUT2D eigenvalue weighted by Crippen LogP contribution is 2.24. The minimum atomic E-state index is -0.421. The van der Waals surface area contributed by atoms with Crippen molar-refractivity contribution in [1.82, 2.24) is 0 Å². The van der Waals surface area contributed by atoms with E-state index in [9.17, 15) is 9.59 Å². The van der Waals surface area contributed by atoms with Gasteiger partial charge >= 0.3 is 5.97 Å². The number of hydrogen-bond donors (Lipinski definition) is 1. The van der Waals surface area contributed by atoms with Gasteiger partial charge in [-0.05, 0) is 49.6 Å². The van der Waals surface area contributed by atoms with Crippen molar-refractivity contribution in [2.24, 2.45) is 0 Å². The molecule has 0 radical (unpaired) electrons. The van der Waals surface area contributed by atoms with Crippen LogP contribution < -0.4 is 5.32 Å². The number of aryl methyl sites for hydroxylation is 3. The summed E-state index contributed by atoms with van der Waals surface area (Å²) in [6, 6.07) is 7.04. The van der Waals surface area contributed by atoms with E-state index in [1.54, 1.807) is 18.2 Å². The van der Waals surface area contributed by atoms with Gasteiger partial charge in [-0.1, -0.05) is 13.0 Å². The van der Waals surface area contributed by atoms with Gasteiger partial charge in [0.05, 0.1) is 17.6 Å². The van der Waals surface area contributed by atoms with Gasteiger partial charge in [0.1, 0.15) is 0 Å². The van der Waals surface area contributed by atoms with Gasteiger partial charge in [-0.3, -0.25) is 4.79 Å². The van der Waals surface area contributed by atoms with E-state index in [4.69, 9.17) is 4.74 Å². The largest absolute Gasteiger partial charge is 0.465 e. The lowest BCUT2D eigenvalue weighted by atomic mass is 10.1. The van der Waals surface area contributed by atoms with Crippen LogP contribution in [0.25, 0.3) is 0 Å². The molecular formula is C17H19NO3S. The van der Waals surface area contributed by atoms with Crippen LogP contribution in [0, 0.1) is 13.8 Å². The topological polar surface area (TPSA) is 55.4 Å². The second kappa shape index (κ2) is 6.75. The number of hydrogen-bond acceptors (Lipinski definition) is 4. The summed E-state index contributed by atoms with van der Waals surface area (Å²) >= 11 is 1.48. The number of benzene rings is 1. The van der Waals surface area contributed by atoms with E-state index in [-0.39, 0.29) is 5.91 Å². The number of nitrogens with one attached hydrogen (secondary N) is 1. The van der Waals surface area contributed by atoms with Crippen molar-refractivity contribution >= 4 is 28.9 Å². The fourth-order valence-electron chi connectivity index (χ4n) is 2.17. The zero-order valence-corrected chi connectivity index (χ0v) is 14.0. The van der Waals surface area contributed by atoms with Crippen molar-refractivity contribution in [3.8, 4) is 0 Å². The number of methoxy groups -OCH3 is 1. The Morgan fingerprint density at radius 1 is 1.23 bits per heavy atom. The third kappa shape index (κ3) is 3.36. The van der Waals surface area contributed by atoms with Crippen LogP contribution >= 0.6 is 11.3 Å². The van der Waals surface area contributed by atoms with Crippen molar-refractivity contribution in [3.05, 3.63) is 50.7 Å². The van der Waals surface area contributed by atoms with Crippen LogP contribution in [0.4, 0.5) is 5.69 Å². The van der Waals surface area contributed by atoms with Crippen molar-refractivity contribution in [1.29, 1.82) is 0 Å². The van der Waals surface area contributed by atoms with Gasteiger partial charge in [-0.2, -0.15) is 0 Å². The van der Waals surface area contributed by atoms with Crippen molar-refractivity contribution < 1.29 is 14.3 Å². The van der Waals surface area contributed by atoms with Crippen molar-refractivity contribution in [3.63, 3.8) is 0 Å². The van der Waals surface area contributed by atoms with E-state index < -0.39 is 5.97 Å². The zero-order chi connectivity index (χ0) is 16.3. The maximum Gasteiger partial charge on any atom is 0.337 e. The number of anilines is 1. The normalized spacial score (nSPS) is 10.4. The smallest absolute Gasteiger partial charge is 0.337 e. The summed E-state index contributed by atoms with van der Waals surface area (Å²) in [5, 5.41) is 2.87. The first-order chi connectivity index (χ1) is 10.5. The Hall–Kier alpha value is -2.14. The molecule has 1 aromatic carbocycles. The third-order valence-corrected chi connectivity index (χ3v) is 4.62. The first kappa shape index (κ1) is 16.2. The number of rotatable bonds is 4. The van der Waals surface area contributed by atoms with E-state index in [0.717, 1.165) is 16.9 Å². The molecule has 2 rings (SSSR count). The molecule has 2 aromatic rings. The molecule has 0 atom stereocenters. The zero-order valence-electron chi connectivity index (χ0n) is 13.1. The second-order valence-corrected chi connectivity index (χ2v) is 6.28. The number of carbonyl (C=O) groups excluding carboxylic acids is 2. The Morgan fingerprint density at radius 2 is 1.95 bits per heavy atom. The number of ether oxygens (including phenoxy) is 1. The molecule has 4 nitrogen and oxygen atoms in total. The predicted octanol–water partition coefficient (Wildman–Crippen LogP) is 3.97. The molecular weight excluding hydrogens is 298 g/mol. The van der Waals surface area contributed by atoms with Crippen molar-refractivity contribution in [2.45, 2.75) is 27.2 Å². The van der Waals surface area contributed by atoms with E-state index >= 15 is 0 Å². The fourth-order valence-corrected chi connectivity index (χ4v) is 3.18. The lowest BCUT2D eigenvalue weighted by molar-refractivity contribution is 0.0600. The quantitative estimate of drug-likeness (QED) is 0.868. The molecule has 0 aliphatic carbocycles. The molecule has 0 aliphatic rings. The van der Waals surface area contributed by atoms with Gasteiger partial charge in [-0.25, -0.2) is 4.79 Å². The standard InChI is InChI=1S/C17H19NO3S/c1-5-12-9-15(22-11(12)3)16(19)18-14-8-13(17(20)21-4)7-6-10(14)2/h6-9H,5H2,1-4H3,(H,18,19). The van der Waals surface area contributed by atoms with Crippen LogP contribution in [0.1, 0.15) is 43.0 Å². The van der Waals surface area contributed by atoms with Gasteiger partial charge in [0, 0.05) is 10.6 Å². The highest BCUT2D eigenvalue weighted by molar-refractivity contribution is 7.14. The molecule has 1 amide bonds. The maximum absolute atomic E-state index is 12.4. The number of thiophene rings is 1. The average Bonchev–Trinajstić information content (AvgIpc) is 2.89. The molecule has 0 bridgehead atoms. The number of amides is 1. The van der Waals surface area contributed by atoms with Gasteiger partial charge in [0.15, 0.2) is 0 Å². The first-order valence-electron chi connectivity index (χ1n) is 7.05. The summed E-state index contributed by atoms with van der Waals surface area (Å²) in [5.41, 5.74) is 3.12. The highest BCUT2D eigenvalue weighted by Gasteiger charge is 2.14. The minimum absolute atomic E-state index is 0.155. The maximum atomic E-state index is 12.4. The first-order valence-corrected chi connectivity index (χ1v) is 7.87. The Labute approximate surface area is 134 Å². The minimum Gasteiger partial charge on any atom is -0.465 e. The van der Waals surface area contributed by atoms with Crippen LogP contribution in [0.2, 0.25) is 0 Å². The number of esters is 1. The van der Waals surface area contributed by atoms with E-state index in [1.165, 1.54) is 24.0 Å². The molecule has 5 heteroatoms. The summed E-state index contributed by atoms with van der Waals surface area (Å²) in [4.78, 5) is 25.8. The van der Waals surface area contributed by atoms with E-state index in [2.05, 4.69) is 12.2 Å². The van der Waals surface area contributed by atoms with Crippen LogP contribution in [0.3, 0.4) is 0 Å². The monoisotopic (exact) mass is 317 g/mol. The molecule has 1 aromatic heterocycles. The Morgan fingerprint density at radius 3 is 2.55 bits per heavy atom. The van der Waals surface area contributed by atoms with Crippen LogP contribution in [-0.4, -0.2) is 19.0 Å². The molecule has 0 aliphatic heterocycles. The molecule has 0 fully saturated rings. The van der Waals surface area contributed by atoms with Crippen LogP contribution in [-0.2, 0) is 11.2 Å². The molecule has 0 saturated heterocycles. The Balaban J connectivity index is 2.25. The molecule has 116 valence electrons. The lowest BCUT2D eigenvalue weighted by Gasteiger charge is -2.09. The van der Waals surface area contributed by atoms with E-state index in [0.29, 0.717) is 16.1 Å². The lowest BCUT2D eigenvalue weighted by Crippen LogP contribution is -2.12. The highest BCUT2D eigenvalue weighted by atomic mass is 32.1. The van der Waals surface area contributed by atoms with Crippen LogP contribution in [0.5, 0.6) is 0 Å². The van der Waals surface area contributed by atoms with Crippen molar-refractivity contribution in [2.75, 3.05) is 12.4 Å². The summed E-state index contributed by atoms with van der Waals surface area (Å²) in [7, 11) is 1.33. The molecule has 1 N–H and O–H groups in total. The SMILES string of the molecule is CCc1cc(C(=O)Nc2cc(C(=O)OC)ccc2C)sc1C. The Bertz CT molecular complexity index is 719. The van der Waals surface area contributed by atoms with Crippen LogP contribution in [0.15, 0.2) is 24.3 Å². The molecule has 22 heavy (non-hydrogen) atoms. The molecule has 0 saturated carbocycles. The fraction of sp³-hybridized carbons (Fsp3) is 0.294. The molecule has 0 unspecified atom stereocenters. The Kier molecular flexibility index (Phi) is 4.98. The summed E-state index contributed by atoms with van der Waals surface area (Å²) in [6.45, 7) is 5.97.